The third kappa shape index (κ3) is 7.80. The van der Waals surface area contributed by atoms with Crippen LogP contribution < -0.4 is 5.32 Å². The van der Waals surface area contributed by atoms with Gasteiger partial charge in [-0.15, -0.1) is 0 Å². The Kier molecular flexibility index (Phi) is 10.4. The highest BCUT2D eigenvalue weighted by atomic mass is 16.5. The zero-order valence-electron chi connectivity index (χ0n) is 11.0. The Hall–Kier alpha value is -0.0800. The molecule has 0 heterocycles. The van der Waals surface area contributed by atoms with Crippen molar-refractivity contribution in [1.82, 2.24) is 5.32 Å². The van der Waals surface area contributed by atoms with E-state index in [0.29, 0.717) is 12.1 Å². The van der Waals surface area contributed by atoms with Crippen molar-refractivity contribution in [2.24, 2.45) is 0 Å². The predicted molar refractivity (Wildman–Crippen MR) is 67.3 cm³/mol. The SMILES string of the molecule is CCCCCCOC(C)C(CC)NCC. The number of ether oxygens (including phenoxy) is 1. The Morgan fingerprint density at radius 2 is 1.80 bits per heavy atom. The molecule has 2 atom stereocenters. The molecule has 0 aromatic rings. The zero-order valence-corrected chi connectivity index (χ0v) is 11.0. The summed E-state index contributed by atoms with van der Waals surface area (Å²) in [7, 11) is 0. The van der Waals surface area contributed by atoms with Crippen LogP contribution in [0.25, 0.3) is 0 Å². The van der Waals surface area contributed by atoms with Gasteiger partial charge in [-0.05, 0) is 26.3 Å². The first kappa shape index (κ1) is 14.9. The number of likely N-dealkylation sites (N-methyl/N-ethyl adjacent to an activating group) is 1. The van der Waals surface area contributed by atoms with Gasteiger partial charge in [-0.25, -0.2) is 0 Å². The van der Waals surface area contributed by atoms with Crippen molar-refractivity contribution < 1.29 is 4.74 Å². The Bertz CT molecular complexity index is 128. The lowest BCUT2D eigenvalue weighted by Crippen LogP contribution is -2.39. The second-order valence-corrected chi connectivity index (χ2v) is 4.21. The maximum absolute atomic E-state index is 5.83. The van der Waals surface area contributed by atoms with Crippen molar-refractivity contribution in [1.29, 1.82) is 0 Å². The summed E-state index contributed by atoms with van der Waals surface area (Å²) in [5.41, 5.74) is 0. The number of unbranched alkanes of at least 4 members (excludes halogenated alkanes) is 3. The van der Waals surface area contributed by atoms with Crippen molar-refractivity contribution in [2.75, 3.05) is 13.2 Å². The summed E-state index contributed by atoms with van der Waals surface area (Å²) < 4.78 is 5.83. The molecule has 0 bridgehead atoms. The molecule has 15 heavy (non-hydrogen) atoms. The van der Waals surface area contributed by atoms with E-state index >= 15 is 0 Å². The molecule has 0 amide bonds. The topological polar surface area (TPSA) is 21.3 Å². The lowest BCUT2D eigenvalue weighted by molar-refractivity contribution is 0.0360. The lowest BCUT2D eigenvalue weighted by atomic mass is 10.1. The van der Waals surface area contributed by atoms with Crippen molar-refractivity contribution in [2.45, 2.75) is 71.9 Å². The molecule has 0 rings (SSSR count). The van der Waals surface area contributed by atoms with E-state index in [9.17, 15) is 0 Å². The minimum Gasteiger partial charge on any atom is -0.377 e. The van der Waals surface area contributed by atoms with Gasteiger partial charge in [-0.1, -0.05) is 40.0 Å². The van der Waals surface area contributed by atoms with Gasteiger partial charge in [-0.2, -0.15) is 0 Å². The van der Waals surface area contributed by atoms with Gasteiger partial charge >= 0.3 is 0 Å². The van der Waals surface area contributed by atoms with Crippen LogP contribution in [0.3, 0.4) is 0 Å². The molecule has 0 saturated heterocycles. The third-order valence-corrected chi connectivity index (χ3v) is 2.85. The van der Waals surface area contributed by atoms with E-state index in [2.05, 4.69) is 33.0 Å². The normalized spacial score (nSPS) is 15.2. The first-order chi connectivity index (χ1) is 7.26. The first-order valence-corrected chi connectivity index (χ1v) is 6.61. The Morgan fingerprint density at radius 3 is 2.33 bits per heavy atom. The highest BCUT2D eigenvalue weighted by Crippen LogP contribution is 2.05. The summed E-state index contributed by atoms with van der Waals surface area (Å²) >= 11 is 0. The van der Waals surface area contributed by atoms with Gasteiger partial charge in [0.1, 0.15) is 0 Å². The minimum absolute atomic E-state index is 0.344. The third-order valence-electron chi connectivity index (χ3n) is 2.85. The Morgan fingerprint density at radius 1 is 1.07 bits per heavy atom. The molecule has 2 unspecified atom stereocenters. The van der Waals surface area contributed by atoms with E-state index in [1.807, 2.05) is 0 Å². The van der Waals surface area contributed by atoms with Gasteiger partial charge in [-0.3, -0.25) is 0 Å². The van der Waals surface area contributed by atoms with Crippen LogP contribution in [0, 0.1) is 0 Å². The molecule has 0 aromatic heterocycles. The van der Waals surface area contributed by atoms with E-state index in [0.717, 1.165) is 19.6 Å². The summed E-state index contributed by atoms with van der Waals surface area (Å²) in [6.07, 6.45) is 6.63. The largest absolute Gasteiger partial charge is 0.377 e. The summed E-state index contributed by atoms with van der Waals surface area (Å²) in [6.45, 7) is 10.7. The van der Waals surface area contributed by atoms with Crippen LogP contribution in [0.1, 0.15) is 59.8 Å². The van der Waals surface area contributed by atoms with Crippen LogP contribution in [0.15, 0.2) is 0 Å². The van der Waals surface area contributed by atoms with Crippen LogP contribution in [0.5, 0.6) is 0 Å². The molecule has 0 aromatic carbocycles. The van der Waals surface area contributed by atoms with E-state index < -0.39 is 0 Å². The molecule has 2 heteroatoms. The second-order valence-electron chi connectivity index (χ2n) is 4.21. The number of rotatable bonds is 10. The average molecular weight is 215 g/mol. The molecule has 0 spiro atoms. The molecule has 0 aliphatic carbocycles. The van der Waals surface area contributed by atoms with E-state index in [-0.39, 0.29) is 0 Å². The zero-order chi connectivity index (χ0) is 11.5. The molecule has 0 fully saturated rings. The number of nitrogens with one attached hydrogen (secondary N) is 1. The van der Waals surface area contributed by atoms with Gasteiger partial charge in [0, 0.05) is 12.6 Å². The summed E-state index contributed by atoms with van der Waals surface area (Å²) in [6, 6.07) is 0.515. The molecule has 0 aliphatic heterocycles. The van der Waals surface area contributed by atoms with Crippen LogP contribution >= 0.6 is 0 Å². The number of hydrogen-bond donors (Lipinski definition) is 1. The van der Waals surface area contributed by atoms with Gasteiger partial charge in [0.2, 0.25) is 0 Å². The van der Waals surface area contributed by atoms with Crippen molar-refractivity contribution in [3.8, 4) is 0 Å². The van der Waals surface area contributed by atoms with Crippen molar-refractivity contribution in [3.05, 3.63) is 0 Å². The quantitative estimate of drug-likeness (QED) is 0.564. The fourth-order valence-electron chi connectivity index (χ4n) is 1.82. The highest BCUT2D eigenvalue weighted by molar-refractivity contribution is 4.71. The van der Waals surface area contributed by atoms with Crippen molar-refractivity contribution >= 4 is 0 Å². The predicted octanol–water partition coefficient (Wildman–Crippen LogP) is 3.36. The highest BCUT2D eigenvalue weighted by Gasteiger charge is 2.13. The Labute approximate surface area is 95.8 Å². The van der Waals surface area contributed by atoms with Crippen molar-refractivity contribution in [3.63, 3.8) is 0 Å². The molecule has 0 saturated carbocycles. The van der Waals surface area contributed by atoms with Gasteiger partial charge in [0.25, 0.3) is 0 Å². The van der Waals surface area contributed by atoms with Gasteiger partial charge in [0.15, 0.2) is 0 Å². The maximum Gasteiger partial charge on any atom is 0.0699 e. The molecule has 0 aliphatic rings. The summed E-state index contributed by atoms with van der Waals surface area (Å²) in [4.78, 5) is 0. The van der Waals surface area contributed by atoms with Crippen LogP contribution in [-0.2, 0) is 4.74 Å². The fraction of sp³-hybridized carbons (Fsp3) is 1.00. The van der Waals surface area contributed by atoms with E-state index in [4.69, 9.17) is 4.74 Å². The van der Waals surface area contributed by atoms with Crippen LogP contribution in [0.4, 0.5) is 0 Å². The first-order valence-electron chi connectivity index (χ1n) is 6.61. The van der Waals surface area contributed by atoms with Gasteiger partial charge < -0.3 is 10.1 Å². The monoisotopic (exact) mass is 215 g/mol. The lowest BCUT2D eigenvalue weighted by Gasteiger charge is -2.23. The van der Waals surface area contributed by atoms with Gasteiger partial charge in [0.05, 0.1) is 6.10 Å². The smallest absolute Gasteiger partial charge is 0.0699 e. The van der Waals surface area contributed by atoms with Crippen LogP contribution in [0.2, 0.25) is 0 Å². The maximum atomic E-state index is 5.83. The molecular formula is C13H29NO. The average Bonchev–Trinajstić information content (AvgIpc) is 2.25. The molecular weight excluding hydrogens is 186 g/mol. The van der Waals surface area contributed by atoms with E-state index in [1.165, 1.54) is 25.7 Å². The molecule has 1 N–H and O–H groups in total. The molecule has 0 radical (unpaired) electrons. The minimum atomic E-state index is 0.344. The molecule has 92 valence electrons. The second kappa shape index (κ2) is 10.4. The summed E-state index contributed by atoms with van der Waals surface area (Å²) in [5, 5.41) is 3.46. The molecule has 2 nitrogen and oxygen atoms in total. The fourth-order valence-corrected chi connectivity index (χ4v) is 1.82. The summed E-state index contributed by atoms with van der Waals surface area (Å²) in [5.74, 6) is 0. The van der Waals surface area contributed by atoms with E-state index in [1.54, 1.807) is 0 Å². The number of hydrogen-bond acceptors (Lipinski definition) is 2. The standard InChI is InChI=1S/C13H29NO/c1-5-8-9-10-11-15-12(4)13(6-2)14-7-3/h12-14H,5-11H2,1-4H3. The van der Waals surface area contributed by atoms with Crippen LogP contribution in [-0.4, -0.2) is 25.3 Å². The Balaban J connectivity index is 3.48.